The molecule has 1 aliphatic carbocycles. The minimum absolute atomic E-state index is 0.244. The first-order valence-electron chi connectivity index (χ1n) is 8.40. The number of carbonyl (C=O) groups is 1. The Morgan fingerprint density at radius 1 is 1.36 bits per heavy atom. The highest BCUT2D eigenvalue weighted by molar-refractivity contribution is 7.18. The number of anilines is 1. The number of carbonyl (C=O) groups excluding carboxylic acids is 1. The van der Waals surface area contributed by atoms with Crippen LogP contribution in [0, 0.1) is 6.92 Å². The van der Waals surface area contributed by atoms with E-state index in [0.29, 0.717) is 18.2 Å². The van der Waals surface area contributed by atoms with Gasteiger partial charge in [0.1, 0.15) is 22.0 Å². The van der Waals surface area contributed by atoms with Crippen molar-refractivity contribution in [3.05, 3.63) is 28.0 Å². The Hall–Kier alpha value is -2.48. The molecule has 0 fully saturated rings. The first kappa shape index (κ1) is 16.0. The second kappa shape index (κ2) is 6.11. The fourth-order valence-corrected chi connectivity index (χ4v) is 4.59. The summed E-state index contributed by atoms with van der Waals surface area (Å²) in [4.78, 5) is 23.6. The van der Waals surface area contributed by atoms with Crippen LogP contribution in [0.15, 0.2) is 6.20 Å². The van der Waals surface area contributed by atoms with Gasteiger partial charge in [-0.25, -0.2) is 14.8 Å². The highest BCUT2D eigenvalue weighted by Gasteiger charge is 2.24. The second-order valence-corrected chi connectivity index (χ2v) is 7.14. The number of rotatable bonds is 3. The number of thiophene rings is 1. The molecule has 0 saturated heterocycles. The van der Waals surface area contributed by atoms with Crippen LogP contribution in [-0.2, 0) is 17.6 Å². The van der Waals surface area contributed by atoms with E-state index in [4.69, 9.17) is 10.5 Å². The summed E-state index contributed by atoms with van der Waals surface area (Å²) >= 11 is 1.73. The summed E-state index contributed by atoms with van der Waals surface area (Å²) in [6.07, 6.45) is 5.90. The van der Waals surface area contributed by atoms with Gasteiger partial charge in [0.05, 0.1) is 18.2 Å². The lowest BCUT2D eigenvalue weighted by atomic mass is 9.97. The molecule has 3 aromatic rings. The van der Waals surface area contributed by atoms with Crippen molar-refractivity contribution in [2.75, 3.05) is 12.3 Å². The fraction of sp³-hybridized carbons (Fsp3) is 0.412. The Balaban J connectivity index is 1.92. The number of nitrogens with zero attached hydrogens (tertiary/aromatic N) is 4. The van der Waals surface area contributed by atoms with E-state index in [1.165, 1.54) is 27.7 Å². The van der Waals surface area contributed by atoms with E-state index in [1.54, 1.807) is 18.3 Å². The van der Waals surface area contributed by atoms with Crippen LogP contribution in [0.25, 0.3) is 16.0 Å². The van der Waals surface area contributed by atoms with Gasteiger partial charge in [-0.05, 0) is 45.1 Å². The first-order chi connectivity index (χ1) is 12.1. The summed E-state index contributed by atoms with van der Waals surface area (Å²) in [6, 6.07) is 0. The standard InChI is InChI=1S/C17H19N5O2S/c1-3-24-17(23)11-8-19-22(14(11)18)15-13-10-6-4-5-7-12(10)25-16(13)21-9(2)20-15/h8H,3-7,18H2,1-2H3. The summed E-state index contributed by atoms with van der Waals surface area (Å²) in [5, 5.41) is 5.32. The van der Waals surface area contributed by atoms with Gasteiger partial charge in [0.2, 0.25) is 0 Å². The van der Waals surface area contributed by atoms with Gasteiger partial charge in [0.15, 0.2) is 5.82 Å². The molecule has 2 N–H and O–H groups in total. The summed E-state index contributed by atoms with van der Waals surface area (Å²) in [6.45, 7) is 3.90. The van der Waals surface area contributed by atoms with Crippen LogP contribution in [0.4, 0.5) is 5.82 Å². The van der Waals surface area contributed by atoms with Crippen LogP contribution in [-0.4, -0.2) is 32.3 Å². The first-order valence-corrected chi connectivity index (χ1v) is 9.21. The molecule has 4 rings (SSSR count). The van der Waals surface area contributed by atoms with Gasteiger partial charge in [0.25, 0.3) is 0 Å². The van der Waals surface area contributed by atoms with E-state index in [0.717, 1.165) is 29.5 Å². The molecule has 0 atom stereocenters. The zero-order chi connectivity index (χ0) is 17.6. The van der Waals surface area contributed by atoms with Crippen molar-refractivity contribution in [1.29, 1.82) is 0 Å². The molecule has 0 aliphatic heterocycles. The summed E-state index contributed by atoms with van der Waals surface area (Å²) in [5.41, 5.74) is 7.75. The lowest BCUT2D eigenvalue weighted by molar-refractivity contribution is 0.0527. The largest absolute Gasteiger partial charge is 0.462 e. The smallest absolute Gasteiger partial charge is 0.343 e. The van der Waals surface area contributed by atoms with E-state index in [1.807, 2.05) is 6.92 Å². The molecule has 7 nitrogen and oxygen atoms in total. The number of nitrogen functional groups attached to an aromatic ring is 1. The van der Waals surface area contributed by atoms with Gasteiger partial charge in [0, 0.05) is 4.88 Å². The molecule has 130 valence electrons. The number of nitrogens with two attached hydrogens (primary N) is 1. The van der Waals surface area contributed by atoms with E-state index in [-0.39, 0.29) is 11.4 Å². The summed E-state index contributed by atoms with van der Waals surface area (Å²) in [7, 11) is 0. The molecule has 1 aliphatic rings. The SMILES string of the molecule is CCOC(=O)c1cnn(-c2nc(C)nc3sc4c(c23)CCCC4)c1N. The molecule has 8 heteroatoms. The highest BCUT2D eigenvalue weighted by atomic mass is 32.1. The van der Waals surface area contributed by atoms with E-state index in [2.05, 4.69) is 15.1 Å². The maximum absolute atomic E-state index is 12.0. The Morgan fingerprint density at radius 2 is 2.16 bits per heavy atom. The molecule has 0 aromatic carbocycles. The molecule has 0 saturated carbocycles. The third-order valence-electron chi connectivity index (χ3n) is 4.41. The number of hydrogen-bond donors (Lipinski definition) is 1. The number of aromatic nitrogens is 4. The van der Waals surface area contributed by atoms with Crippen molar-refractivity contribution >= 4 is 33.3 Å². The van der Waals surface area contributed by atoms with Crippen molar-refractivity contribution in [3.8, 4) is 5.82 Å². The average molecular weight is 357 g/mol. The van der Waals surface area contributed by atoms with E-state index in [9.17, 15) is 4.79 Å². The Kier molecular flexibility index (Phi) is 3.91. The molecule has 25 heavy (non-hydrogen) atoms. The third-order valence-corrected chi connectivity index (χ3v) is 5.60. The van der Waals surface area contributed by atoms with Gasteiger partial charge in [-0.1, -0.05) is 0 Å². The third kappa shape index (κ3) is 2.57. The Labute approximate surface area is 148 Å². The predicted molar refractivity (Wildman–Crippen MR) is 96.3 cm³/mol. The van der Waals surface area contributed by atoms with Crippen LogP contribution in [0.2, 0.25) is 0 Å². The molecule has 0 amide bonds. The van der Waals surface area contributed by atoms with Crippen molar-refractivity contribution in [2.24, 2.45) is 0 Å². The summed E-state index contributed by atoms with van der Waals surface area (Å²) in [5.74, 6) is 1.08. The molecular weight excluding hydrogens is 338 g/mol. The molecular formula is C17H19N5O2S. The molecule has 0 unspecified atom stereocenters. The Morgan fingerprint density at radius 3 is 2.96 bits per heavy atom. The van der Waals surface area contributed by atoms with Gasteiger partial charge < -0.3 is 10.5 Å². The van der Waals surface area contributed by atoms with Gasteiger partial charge in [-0.3, -0.25) is 0 Å². The van der Waals surface area contributed by atoms with Crippen LogP contribution in [0.3, 0.4) is 0 Å². The number of fused-ring (bicyclic) bond motifs is 3. The average Bonchev–Trinajstić information content (AvgIpc) is 3.14. The van der Waals surface area contributed by atoms with Crippen molar-refractivity contribution in [2.45, 2.75) is 39.5 Å². The molecule has 3 heterocycles. The Bertz CT molecular complexity index is 975. The minimum atomic E-state index is -0.472. The van der Waals surface area contributed by atoms with Crippen LogP contribution in [0.5, 0.6) is 0 Å². The summed E-state index contributed by atoms with van der Waals surface area (Å²) < 4.78 is 6.57. The maximum Gasteiger partial charge on any atom is 0.343 e. The van der Waals surface area contributed by atoms with Gasteiger partial charge >= 0.3 is 5.97 Å². The molecule has 0 bridgehead atoms. The van der Waals surface area contributed by atoms with Crippen LogP contribution in [0.1, 0.15) is 46.4 Å². The number of esters is 1. The van der Waals surface area contributed by atoms with Crippen molar-refractivity contribution in [3.63, 3.8) is 0 Å². The highest BCUT2D eigenvalue weighted by Crippen LogP contribution is 2.38. The normalized spacial score (nSPS) is 13.8. The number of aryl methyl sites for hydroxylation is 3. The number of ether oxygens (including phenoxy) is 1. The van der Waals surface area contributed by atoms with Gasteiger partial charge in [-0.2, -0.15) is 9.78 Å². The monoisotopic (exact) mass is 357 g/mol. The van der Waals surface area contributed by atoms with Crippen LogP contribution >= 0.6 is 11.3 Å². The fourth-order valence-electron chi connectivity index (χ4n) is 3.29. The molecule has 0 radical (unpaired) electrons. The topological polar surface area (TPSA) is 95.9 Å². The predicted octanol–water partition coefficient (Wildman–Crippen LogP) is 2.82. The molecule has 3 aromatic heterocycles. The minimum Gasteiger partial charge on any atom is -0.462 e. The lowest BCUT2D eigenvalue weighted by Gasteiger charge is -2.12. The second-order valence-electron chi connectivity index (χ2n) is 6.06. The van der Waals surface area contributed by atoms with Crippen molar-refractivity contribution < 1.29 is 9.53 Å². The van der Waals surface area contributed by atoms with Crippen molar-refractivity contribution in [1.82, 2.24) is 19.7 Å². The number of hydrogen-bond acceptors (Lipinski definition) is 7. The quantitative estimate of drug-likeness (QED) is 0.724. The molecule has 0 spiro atoms. The van der Waals surface area contributed by atoms with Crippen LogP contribution < -0.4 is 5.73 Å². The van der Waals surface area contributed by atoms with E-state index >= 15 is 0 Å². The maximum atomic E-state index is 12.0. The van der Waals surface area contributed by atoms with Gasteiger partial charge in [-0.15, -0.1) is 11.3 Å². The van der Waals surface area contributed by atoms with E-state index < -0.39 is 5.97 Å². The zero-order valence-corrected chi connectivity index (χ0v) is 15.0. The lowest BCUT2D eigenvalue weighted by Crippen LogP contribution is -2.11. The zero-order valence-electron chi connectivity index (χ0n) is 14.2.